The largest absolute Gasteiger partial charge is 0.379 e. The molecule has 0 spiro atoms. The molecule has 0 bridgehead atoms. The summed E-state index contributed by atoms with van der Waals surface area (Å²) in [5.74, 6) is 0. The van der Waals surface area contributed by atoms with Crippen LogP contribution >= 0.6 is 0 Å². The average Bonchev–Trinajstić information content (AvgIpc) is 2.14. The first kappa shape index (κ1) is 13.4. The van der Waals surface area contributed by atoms with E-state index in [4.69, 9.17) is 10.00 Å². The van der Waals surface area contributed by atoms with Gasteiger partial charge < -0.3 is 4.74 Å². The van der Waals surface area contributed by atoms with Crippen LogP contribution in [0.2, 0.25) is 0 Å². The molecule has 0 saturated heterocycles. The molecule has 0 heterocycles. The SMILES string of the molecule is CCCNC(C)(C#N)CCOC(C)C. The lowest BCUT2D eigenvalue weighted by Crippen LogP contribution is -2.42. The Morgan fingerprint density at radius 1 is 1.50 bits per heavy atom. The molecule has 0 saturated carbocycles. The monoisotopic (exact) mass is 198 g/mol. The van der Waals surface area contributed by atoms with Gasteiger partial charge in [0.15, 0.2) is 0 Å². The Morgan fingerprint density at radius 2 is 2.14 bits per heavy atom. The highest BCUT2D eigenvalue weighted by atomic mass is 16.5. The number of hydrogen-bond donors (Lipinski definition) is 1. The molecule has 0 aliphatic heterocycles. The molecule has 3 heteroatoms. The van der Waals surface area contributed by atoms with E-state index in [1.165, 1.54) is 0 Å². The summed E-state index contributed by atoms with van der Waals surface area (Å²) in [7, 11) is 0. The highest BCUT2D eigenvalue weighted by molar-refractivity contribution is 5.03. The second-order valence-electron chi connectivity index (χ2n) is 4.04. The van der Waals surface area contributed by atoms with E-state index in [2.05, 4.69) is 18.3 Å². The van der Waals surface area contributed by atoms with Crippen LogP contribution in [0.25, 0.3) is 0 Å². The minimum absolute atomic E-state index is 0.240. The van der Waals surface area contributed by atoms with Crippen LogP contribution in [0.15, 0.2) is 0 Å². The third-order valence-corrected chi connectivity index (χ3v) is 2.07. The highest BCUT2D eigenvalue weighted by Gasteiger charge is 2.22. The molecule has 14 heavy (non-hydrogen) atoms. The van der Waals surface area contributed by atoms with Crippen LogP contribution in [0, 0.1) is 11.3 Å². The standard InChI is InChI=1S/C11H22N2O/c1-5-7-13-11(4,9-12)6-8-14-10(2)3/h10,13H,5-8H2,1-4H3. The Hall–Kier alpha value is -0.590. The zero-order valence-electron chi connectivity index (χ0n) is 9.76. The minimum atomic E-state index is -0.440. The lowest BCUT2D eigenvalue weighted by Gasteiger charge is -2.23. The maximum absolute atomic E-state index is 9.01. The van der Waals surface area contributed by atoms with E-state index >= 15 is 0 Å². The van der Waals surface area contributed by atoms with Gasteiger partial charge in [-0.1, -0.05) is 6.92 Å². The zero-order valence-corrected chi connectivity index (χ0v) is 9.76. The molecule has 0 amide bonds. The quantitative estimate of drug-likeness (QED) is 0.681. The Kier molecular flexibility index (Phi) is 6.52. The van der Waals surface area contributed by atoms with Gasteiger partial charge in [-0.25, -0.2) is 0 Å². The Labute approximate surface area is 87.4 Å². The Bertz CT molecular complexity index is 186. The van der Waals surface area contributed by atoms with Crippen molar-refractivity contribution in [3.05, 3.63) is 0 Å². The fourth-order valence-corrected chi connectivity index (χ4v) is 1.08. The van der Waals surface area contributed by atoms with Crippen LogP contribution in [0.1, 0.15) is 40.5 Å². The van der Waals surface area contributed by atoms with Gasteiger partial charge in [-0.3, -0.25) is 5.32 Å². The van der Waals surface area contributed by atoms with Crippen LogP contribution in [0.3, 0.4) is 0 Å². The second kappa shape index (κ2) is 6.80. The van der Waals surface area contributed by atoms with Crippen molar-refractivity contribution >= 4 is 0 Å². The summed E-state index contributed by atoms with van der Waals surface area (Å²) >= 11 is 0. The third kappa shape index (κ3) is 5.95. The molecule has 0 aromatic heterocycles. The predicted octanol–water partition coefficient (Wildman–Crippen LogP) is 2.08. The van der Waals surface area contributed by atoms with Gasteiger partial charge in [0.25, 0.3) is 0 Å². The van der Waals surface area contributed by atoms with Crippen LogP contribution in [0.5, 0.6) is 0 Å². The fourth-order valence-electron chi connectivity index (χ4n) is 1.08. The van der Waals surface area contributed by atoms with Crippen molar-refractivity contribution < 1.29 is 4.74 Å². The van der Waals surface area contributed by atoms with E-state index in [1.54, 1.807) is 0 Å². The molecule has 0 aromatic carbocycles. The number of hydrogen-bond acceptors (Lipinski definition) is 3. The lowest BCUT2D eigenvalue weighted by atomic mass is 10.0. The number of ether oxygens (including phenoxy) is 1. The van der Waals surface area contributed by atoms with Gasteiger partial charge in [0.2, 0.25) is 0 Å². The normalized spacial score (nSPS) is 15.1. The van der Waals surface area contributed by atoms with Crippen molar-refractivity contribution in [3.8, 4) is 6.07 Å². The summed E-state index contributed by atoms with van der Waals surface area (Å²) in [5, 5.41) is 12.2. The first-order valence-electron chi connectivity index (χ1n) is 5.32. The molecule has 0 fully saturated rings. The number of nitrogens with one attached hydrogen (secondary N) is 1. The first-order valence-corrected chi connectivity index (χ1v) is 5.32. The molecule has 1 atom stereocenters. The van der Waals surface area contributed by atoms with Crippen molar-refractivity contribution in [2.75, 3.05) is 13.2 Å². The molecule has 0 rings (SSSR count). The molecular weight excluding hydrogens is 176 g/mol. The van der Waals surface area contributed by atoms with Gasteiger partial charge >= 0.3 is 0 Å². The Morgan fingerprint density at radius 3 is 2.57 bits per heavy atom. The smallest absolute Gasteiger partial charge is 0.106 e. The molecule has 1 unspecified atom stereocenters. The fraction of sp³-hybridized carbons (Fsp3) is 0.909. The maximum Gasteiger partial charge on any atom is 0.106 e. The van der Waals surface area contributed by atoms with Crippen molar-refractivity contribution in [1.82, 2.24) is 5.32 Å². The van der Waals surface area contributed by atoms with Gasteiger partial charge in [-0.15, -0.1) is 0 Å². The number of rotatable bonds is 7. The molecule has 0 radical (unpaired) electrons. The first-order chi connectivity index (χ1) is 6.54. The van der Waals surface area contributed by atoms with E-state index < -0.39 is 5.54 Å². The van der Waals surface area contributed by atoms with Crippen molar-refractivity contribution in [2.24, 2.45) is 0 Å². The summed E-state index contributed by atoms with van der Waals surface area (Å²) in [5.41, 5.74) is -0.440. The molecule has 0 aliphatic carbocycles. The van der Waals surface area contributed by atoms with Crippen LogP contribution in [-0.2, 0) is 4.74 Å². The minimum Gasteiger partial charge on any atom is -0.379 e. The summed E-state index contributed by atoms with van der Waals surface area (Å²) in [6.07, 6.45) is 2.02. The molecule has 1 N–H and O–H groups in total. The summed E-state index contributed by atoms with van der Waals surface area (Å²) in [6.45, 7) is 9.54. The molecule has 0 aliphatic rings. The van der Waals surface area contributed by atoms with Gasteiger partial charge in [0.05, 0.1) is 12.2 Å². The van der Waals surface area contributed by atoms with E-state index in [0.29, 0.717) is 6.61 Å². The second-order valence-corrected chi connectivity index (χ2v) is 4.04. The van der Waals surface area contributed by atoms with Crippen molar-refractivity contribution in [2.45, 2.75) is 52.2 Å². The van der Waals surface area contributed by atoms with Crippen LogP contribution in [-0.4, -0.2) is 24.8 Å². The number of nitriles is 1. The average molecular weight is 198 g/mol. The van der Waals surface area contributed by atoms with Gasteiger partial charge in [0.1, 0.15) is 5.54 Å². The van der Waals surface area contributed by atoms with Gasteiger partial charge in [-0.05, 0) is 33.7 Å². The Balaban J connectivity index is 3.82. The summed E-state index contributed by atoms with van der Waals surface area (Å²) in [4.78, 5) is 0. The lowest BCUT2D eigenvalue weighted by molar-refractivity contribution is 0.0676. The van der Waals surface area contributed by atoms with E-state index in [1.807, 2.05) is 20.8 Å². The molecule has 82 valence electrons. The predicted molar refractivity (Wildman–Crippen MR) is 58.0 cm³/mol. The van der Waals surface area contributed by atoms with E-state index in [9.17, 15) is 0 Å². The van der Waals surface area contributed by atoms with Crippen LogP contribution < -0.4 is 5.32 Å². The van der Waals surface area contributed by atoms with Gasteiger partial charge in [0, 0.05) is 13.0 Å². The maximum atomic E-state index is 9.01. The summed E-state index contributed by atoms with van der Waals surface area (Å²) < 4.78 is 5.43. The zero-order chi connectivity index (χ0) is 11.0. The highest BCUT2D eigenvalue weighted by Crippen LogP contribution is 2.08. The number of nitrogens with zero attached hydrogens (tertiary/aromatic N) is 1. The topological polar surface area (TPSA) is 45.0 Å². The van der Waals surface area contributed by atoms with Crippen molar-refractivity contribution in [1.29, 1.82) is 5.26 Å². The van der Waals surface area contributed by atoms with Crippen molar-refractivity contribution in [3.63, 3.8) is 0 Å². The molecule has 3 nitrogen and oxygen atoms in total. The molecule has 0 aromatic rings. The third-order valence-electron chi connectivity index (χ3n) is 2.07. The summed E-state index contributed by atoms with van der Waals surface area (Å²) in [6, 6.07) is 2.30. The van der Waals surface area contributed by atoms with E-state index in [0.717, 1.165) is 19.4 Å². The molecular formula is C11H22N2O. The van der Waals surface area contributed by atoms with Gasteiger partial charge in [-0.2, -0.15) is 5.26 Å². The van der Waals surface area contributed by atoms with E-state index in [-0.39, 0.29) is 6.10 Å². The van der Waals surface area contributed by atoms with Crippen LogP contribution in [0.4, 0.5) is 0 Å².